The first-order valence-corrected chi connectivity index (χ1v) is 6.88. The van der Waals surface area contributed by atoms with Crippen LogP contribution < -0.4 is 0 Å². The summed E-state index contributed by atoms with van der Waals surface area (Å²) in [6, 6.07) is 10.9. The molecule has 0 spiro atoms. The van der Waals surface area contributed by atoms with Crippen molar-refractivity contribution in [2.24, 2.45) is 5.92 Å². The monoisotopic (exact) mass is 228 g/mol. The molecule has 2 aliphatic rings. The predicted molar refractivity (Wildman–Crippen MR) is 68.9 cm³/mol. The Bertz CT molecular complexity index is 409. The van der Waals surface area contributed by atoms with Gasteiger partial charge in [-0.3, -0.25) is 4.79 Å². The van der Waals surface area contributed by atoms with E-state index in [0.29, 0.717) is 17.1 Å². The molecular formula is C16H20O. The molecule has 0 saturated heterocycles. The highest BCUT2D eigenvalue weighted by molar-refractivity contribution is 5.80. The Balaban J connectivity index is 1.99. The highest BCUT2D eigenvalue weighted by Gasteiger charge is 2.45. The SMILES string of the molecule is O=C1CCC2(c3ccccc3)CCCCC2C1. The van der Waals surface area contributed by atoms with Crippen LogP contribution in [0.2, 0.25) is 0 Å². The van der Waals surface area contributed by atoms with Gasteiger partial charge < -0.3 is 0 Å². The van der Waals surface area contributed by atoms with E-state index in [9.17, 15) is 4.79 Å². The Hall–Kier alpha value is -1.11. The van der Waals surface area contributed by atoms with Gasteiger partial charge in [0.2, 0.25) is 0 Å². The van der Waals surface area contributed by atoms with Gasteiger partial charge in [-0.15, -0.1) is 0 Å². The summed E-state index contributed by atoms with van der Waals surface area (Å²) in [5, 5.41) is 0. The van der Waals surface area contributed by atoms with E-state index in [1.807, 2.05) is 0 Å². The summed E-state index contributed by atoms with van der Waals surface area (Å²) in [5.74, 6) is 1.10. The summed E-state index contributed by atoms with van der Waals surface area (Å²) in [6.07, 6.45) is 7.89. The van der Waals surface area contributed by atoms with Gasteiger partial charge in [0, 0.05) is 12.8 Å². The average Bonchev–Trinajstić information content (AvgIpc) is 2.40. The third-order valence-corrected chi connectivity index (χ3v) is 4.88. The van der Waals surface area contributed by atoms with Gasteiger partial charge in [-0.25, -0.2) is 0 Å². The molecule has 1 aromatic rings. The van der Waals surface area contributed by atoms with Crippen molar-refractivity contribution in [1.82, 2.24) is 0 Å². The topological polar surface area (TPSA) is 17.1 Å². The molecule has 0 heterocycles. The maximum atomic E-state index is 11.7. The molecule has 0 aliphatic heterocycles. The van der Waals surface area contributed by atoms with Gasteiger partial charge in [0.15, 0.2) is 0 Å². The maximum absolute atomic E-state index is 11.7. The smallest absolute Gasteiger partial charge is 0.133 e. The van der Waals surface area contributed by atoms with Gasteiger partial charge in [0.1, 0.15) is 5.78 Å². The fourth-order valence-corrected chi connectivity index (χ4v) is 3.97. The Morgan fingerprint density at radius 1 is 1.06 bits per heavy atom. The standard InChI is InChI=1S/C16H20O/c17-15-9-11-16(13-6-2-1-3-7-13)10-5-4-8-14(16)12-15/h1-3,6-7,14H,4-5,8-12H2. The summed E-state index contributed by atoms with van der Waals surface area (Å²) >= 11 is 0. The van der Waals surface area contributed by atoms with Gasteiger partial charge in [-0.2, -0.15) is 0 Å². The predicted octanol–water partition coefficient (Wildman–Crippen LogP) is 3.87. The summed E-state index contributed by atoms with van der Waals surface area (Å²) < 4.78 is 0. The molecule has 1 heteroatoms. The van der Waals surface area contributed by atoms with E-state index in [4.69, 9.17) is 0 Å². The van der Waals surface area contributed by atoms with Crippen LogP contribution in [0.4, 0.5) is 0 Å². The van der Waals surface area contributed by atoms with Crippen LogP contribution in [0, 0.1) is 5.92 Å². The number of ketones is 1. The van der Waals surface area contributed by atoms with E-state index in [0.717, 1.165) is 19.3 Å². The molecule has 2 unspecified atom stereocenters. The van der Waals surface area contributed by atoms with Crippen LogP contribution in [0.5, 0.6) is 0 Å². The van der Waals surface area contributed by atoms with Gasteiger partial charge >= 0.3 is 0 Å². The fourth-order valence-electron chi connectivity index (χ4n) is 3.97. The number of fused-ring (bicyclic) bond motifs is 1. The zero-order valence-corrected chi connectivity index (χ0v) is 10.3. The van der Waals surface area contributed by atoms with Crippen LogP contribution in [-0.4, -0.2) is 5.78 Å². The second-order valence-electron chi connectivity index (χ2n) is 5.71. The Kier molecular flexibility index (Phi) is 2.78. The van der Waals surface area contributed by atoms with Gasteiger partial charge in [-0.1, -0.05) is 43.2 Å². The number of rotatable bonds is 1. The lowest BCUT2D eigenvalue weighted by atomic mass is 9.56. The number of benzene rings is 1. The molecule has 2 atom stereocenters. The van der Waals surface area contributed by atoms with Gasteiger partial charge in [0.05, 0.1) is 0 Å². The van der Waals surface area contributed by atoms with Gasteiger partial charge in [-0.05, 0) is 36.2 Å². The molecule has 0 bridgehead atoms. The third kappa shape index (κ3) is 1.82. The normalized spacial score (nSPS) is 33.2. The minimum atomic E-state index is 0.327. The van der Waals surface area contributed by atoms with E-state index < -0.39 is 0 Å². The number of carbonyl (C=O) groups is 1. The molecule has 2 fully saturated rings. The van der Waals surface area contributed by atoms with Crippen molar-refractivity contribution in [3.8, 4) is 0 Å². The second kappa shape index (κ2) is 4.29. The van der Waals surface area contributed by atoms with Crippen LogP contribution in [0.3, 0.4) is 0 Å². The molecule has 1 nitrogen and oxygen atoms in total. The first-order valence-electron chi connectivity index (χ1n) is 6.88. The zero-order chi connectivity index (χ0) is 11.7. The van der Waals surface area contributed by atoms with Crippen LogP contribution in [0.1, 0.15) is 50.5 Å². The highest BCUT2D eigenvalue weighted by Crippen LogP contribution is 2.51. The van der Waals surface area contributed by atoms with Crippen molar-refractivity contribution >= 4 is 5.78 Å². The zero-order valence-electron chi connectivity index (χ0n) is 10.3. The Labute approximate surface area is 103 Å². The molecule has 17 heavy (non-hydrogen) atoms. The summed E-state index contributed by atoms with van der Waals surface area (Å²) in [7, 11) is 0. The maximum Gasteiger partial charge on any atom is 0.133 e. The van der Waals surface area contributed by atoms with Crippen LogP contribution in [0.15, 0.2) is 30.3 Å². The van der Waals surface area contributed by atoms with E-state index in [2.05, 4.69) is 30.3 Å². The van der Waals surface area contributed by atoms with E-state index in [1.54, 1.807) is 0 Å². The quantitative estimate of drug-likeness (QED) is 0.713. The number of hydrogen-bond donors (Lipinski definition) is 0. The van der Waals surface area contributed by atoms with Crippen molar-refractivity contribution < 1.29 is 4.79 Å². The fraction of sp³-hybridized carbons (Fsp3) is 0.562. The lowest BCUT2D eigenvalue weighted by Gasteiger charge is -2.47. The van der Waals surface area contributed by atoms with Gasteiger partial charge in [0.25, 0.3) is 0 Å². The molecule has 0 radical (unpaired) electrons. The largest absolute Gasteiger partial charge is 0.300 e. The van der Waals surface area contributed by atoms with E-state index in [1.165, 1.54) is 31.2 Å². The van der Waals surface area contributed by atoms with Crippen molar-refractivity contribution in [3.05, 3.63) is 35.9 Å². The molecule has 3 rings (SSSR count). The highest BCUT2D eigenvalue weighted by atomic mass is 16.1. The lowest BCUT2D eigenvalue weighted by molar-refractivity contribution is -0.124. The Morgan fingerprint density at radius 3 is 2.71 bits per heavy atom. The van der Waals surface area contributed by atoms with E-state index >= 15 is 0 Å². The van der Waals surface area contributed by atoms with Crippen molar-refractivity contribution in [2.75, 3.05) is 0 Å². The molecule has 90 valence electrons. The minimum absolute atomic E-state index is 0.327. The molecule has 0 aromatic heterocycles. The first kappa shape index (κ1) is 11.0. The third-order valence-electron chi connectivity index (χ3n) is 4.88. The van der Waals surface area contributed by atoms with Crippen molar-refractivity contribution in [2.45, 2.75) is 50.4 Å². The van der Waals surface area contributed by atoms with Crippen LogP contribution >= 0.6 is 0 Å². The summed E-state index contributed by atoms with van der Waals surface area (Å²) in [6.45, 7) is 0. The number of carbonyl (C=O) groups excluding carboxylic acids is 1. The average molecular weight is 228 g/mol. The number of hydrogen-bond acceptors (Lipinski definition) is 1. The molecular weight excluding hydrogens is 208 g/mol. The first-order chi connectivity index (χ1) is 8.31. The molecule has 2 saturated carbocycles. The summed E-state index contributed by atoms with van der Waals surface area (Å²) in [5.41, 5.74) is 1.81. The van der Waals surface area contributed by atoms with Crippen molar-refractivity contribution in [3.63, 3.8) is 0 Å². The van der Waals surface area contributed by atoms with E-state index in [-0.39, 0.29) is 0 Å². The minimum Gasteiger partial charge on any atom is -0.300 e. The van der Waals surface area contributed by atoms with Crippen LogP contribution in [-0.2, 0) is 10.2 Å². The molecule has 2 aliphatic carbocycles. The lowest BCUT2D eigenvalue weighted by Crippen LogP contribution is -2.43. The molecule has 0 amide bonds. The molecule has 0 N–H and O–H groups in total. The van der Waals surface area contributed by atoms with Crippen LogP contribution in [0.25, 0.3) is 0 Å². The van der Waals surface area contributed by atoms with Crippen molar-refractivity contribution in [1.29, 1.82) is 0 Å². The number of Topliss-reactive ketones (excluding diaryl/α,β-unsaturated/α-hetero) is 1. The summed E-state index contributed by atoms with van der Waals surface area (Å²) in [4.78, 5) is 11.7. The molecule has 1 aromatic carbocycles. The Morgan fingerprint density at radius 2 is 1.88 bits per heavy atom. The second-order valence-corrected chi connectivity index (χ2v) is 5.71.